The molecule has 178 valence electrons. The molecule has 4 aromatic rings. The molecule has 1 N–H and O–H groups in total. The number of hydrogen-bond donors (Lipinski definition) is 1. The van der Waals surface area contributed by atoms with E-state index in [-0.39, 0.29) is 12.2 Å². The van der Waals surface area contributed by atoms with Crippen molar-refractivity contribution in [3.8, 4) is 17.2 Å². The van der Waals surface area contributed by atoms with E-state index in [1.54, 1.807) is 19.2 Å². The molecule has 0 amide bonds. The van der Waals surface area contributed by atoms with Gasteiger partial charge >= 0.3 is 0 Å². The van der Waals surface area contributed by atoms with Crippen LogP contribution in [0.2, 0.25) is 0 Å². The Morgan fingerprint density at radius 1 is 0.912 bits per heavy atom. The van der Waals surface area contributed by atoms with E-state index in [9.17, 15) is 8.78 Å². The van der Waals surface area contributed by atoms with Gasteiger partial charge < -0.3 is 23.9 Å². The monoisotopic (exact) mass is 468 g/mol. The van der Waals surface area contributed by atoms with Crippen molar-refractivity contribution in [2.75, 3.05) is 20.3 Å². The van der Waals surface area contributed by atoms with Gasteiger partial charge in [-0.15, -0.1) is 0 Å². The van der Waals surface area contributed by atoms with Crippen molar-refractivity contribution < 1.29 is 27.7 Å². The molecule has 6 nitrogen and oxygen atoms in total. The number of fused-ring (bicyclic) bond motifs is 1. The predicted octanol–water partition coefficient (Wildman–Crippen LogP) is 5.95. The minimum atomic E-state index is -0.529. The Bertz CT molecular complexity index is 1280. The number of halogens is 2. The predicted molar refractivity (Wildman–Crippen MR) is 124 cm³/mol. The highest BCUT2D eigenvalue weighted by molar-refractivity contribution is 5.77. The molecule has 8 heteroatoms. The summed E-state index contributed by atoms with van der Waals surface area (Å²) >= 11 is 0. The summed E-state index contributed by atoms with van der Waals surface area (Å²) in [6.07, 6.45) is -0.516. The Hall–Kier alpha value is -3.65. The Labute approximate surface area is 196 Å². The van der Waals surface area contributed by atoms with E-state index in [2.05, 4.69) is 4.98 Å². The zero-order valence-corrected chi connectivity index (χ0v) is 19.2. The van der Waals surface area contributed by atoms with E-state index in [0.29, 0.717) is 30.5 Å². The zero-order chi connectivity index (χ0) is 24.1. The number of benzene rings is 3. The molecule has 0 spiro atoms. The standard InChI is InChI=1S/C26H26F2N2O4/c1-4-32-18-8-11-22-23(13-18)30-26(29-22)25(33-5-2)20-9-7-19(14-24(20)31-3)34-15-16-12-17(27)6-10-21(16)28/h6-14,25H,4-5,15H2,1-3H3,(H,29,30). The van der Waals surface area contributed by atoms with E-state index >= 15 is 0 Å². The average Bonchev–Trinajstić information content (AvgIpc) is 3.26. The molecule has 0 aliphatic carbocycles. The molecular formula is C26H26F2N2O4. The van der Waals surface area contributed by atoms with Crippen molar-refractivity contribution >= 4 is 11.0 Å². The number of hydrogen-bond acceptors (Lipinski definition) is 5. The number of methoxy groups -OCH3 is 1. The quantitative estimate of drug-likeness (QED) is 0.311. The normalized spacial score (nSPS) is 12.0. The smallest absolute Gasteiger partial charge is 0.144 e. The maximum atomic E-state index is 13.9. The van der Waals surface area contributed by atoms with Crippen molar-refractivity contribution in [2.45, 2.75) is 26.6 Å². The first-order valence-corrected chi connectivity index (χ1v) is 11.0. The summed E-state index contributed by atoms with van der Waals surface area (Å²) in [5, 5.41) is 0. The summed E-state index contributed by atoms with van der Waals surface area (Å²) in [7, 11) is 1.55. The number of rotatable bonds is 10. The largest absolute Gasteiger partial charge is 0.496 e. The van der Waals surface area contributed by atoms with Crippen LogP contribution in [0.4, 0.5) is 8.78 Å². The maximum Gasteiger partial charge on any atom is 0.144 e. The lowest BCUT2D eigenvalue weighted by Crippen LogP contribution is -2.10. The third kappa shape index (κ3) is 5.12. The summed E-state index contributed by atoms with van der Waals surface area (Å²) in [5.74, 6) is 1.29. The van der Waals surface area contributed by atoms with E-state index in [1.807, 2.05) is 38.1 Å². The van der Waals surface area contributed by atoms with Crippen LogP contribution in [0.3, 0.4) is 0 Å². The summed E-state index contributed by atoms with van der Waals surface area (Å²) in [4.78, 5) is 8.03. The third-order valence-corrected chi connectivity index (χ3v) is 5.26. The molecule has 0 saturated heterocycles. The summed E-state index contributed by atoms with van der Waals surface area (Å²) < 4.78 is 50.2. The van der Waals surface area contributed by atoms with Gasteiger partial charge in [-0.3, -0.25) is 0 Å². The number of H-pyrrole nitrogens is 1. The molecule has 1 aromatic heterocycles. The molecule has 34 heavy (non-hydrogen) atoms. The van der Waals surface area contributed by atoms with Gasteiger partial charge in [0.15, 0.2) is 0 Å². The van der Waals surface area contributed by atoms with Gasteiger partial charge in [0.2, 0.25) is 0 Å². The second-order valence-corrected chi connectivity index (χ2v) is 7.50. The Balaban J connectivity index is 1.61. The van der Waals surface area contributed by atoms with Crippen LogP contribution in [0.25, 0.3) is 11.0 Å². The van der Waals surface area contributed by atoms with Gasteiger partial charge in [0.1, 0.15) is 47.4 Å². The fourth-order valence-electron chi connectivity index (χ4n) is 3.68. The lowest BCUT2D eigenvalue weighted by atomic mass is 10.1. The highest BCUT2D eigenvalue weighted by atomic mass is 19.1. The number of aromatic nitrogens is 2. The van der Waals surface area contributed by atoms with Crippen molar-refractivity contribution in [2.24, 2.45) is 0 Å². The third-order valence-electron chi connectivity index (χ3n) is 5.26. The SMILES string of the molecule is CCOc1ccc2[nH]c(C(OCC)c3ccc(OCc4cc(F)ccc4F)cc3OC)nc2c1. The average molecular weight is 469 g/mol. The lowest BCUT2D eigenvalue weighted by Gasteiger charge is -2.19. The molecule has 0 bridgehead atoms. The van der Waals surface area contributed by atoms with Gasteiger partial charge in [0.25, 0.3) is 0 Å². The second kappa shape index (κ2) is 10.5. The first-order chi connectivity index (χ1) is 16.5. The van der Waals surface area contributed by atoms with Crippen LogP contribution in [0.15, 0.2) is 54.6 Å². The van der Waals surface area contributed by atoms with Crippen LogP contribution in [-0.4, -0.2) is 30.3 Å². The zero-order valence-electron chi connectivity index (χ0n) is 19.2. The van der Waals surface area contributed by atoms with Crippen molar-refractivity contribution in [1.82, 2.24) is 9.97 Å². The Morgan fingerprint density at radius 3 is 2.47 bits per heavy atom. The minimum Gasteiger partial charge on any atom is -0.496 e. The Morgan fingerprint density at radius 2 is 1.71 bits per heavy atom. The van der Waals surface area contributed by atoms with Crippen LogP contribution in [0.1, 0.15) is 36.9 Å². The topological polar surface area (TPSA) is 65.6 Å². The molecule has 0 aliphatic rings. The molecule has 4 rings (SSSR count). The van der Waals surface area contributed by atoms with E-state index < -0.39 is 17.7 Å². The van der Waals surface area contributed by atoms with Gasteiger partial charge in [-0.2, -0.15) is 0 Å². The number of nitrogens with one attached hydrogen (secondary N) is 1. The van der Waals surface area contributed by atoms with Crippen molar-refractivity contribution in [3.63, 3.8) is 0 Å². The summed E-state index contributed by atoms with van der Waals surface area (Å²) in [5.41, 5.74) is 2.50. The molecule has 0 radical (unpaired) electrons. The number of aromatic amines is 1. The minimum absolute atomic E-state index is 0.118. The van der Waals surface area contributed by atoms with Gasteiger partial charge in [-0.25, -0.2) is 13.8 Å². The number of nitrogens with zero attached hydrogens (tertiary/aromatic N) is 1. The second-order valence-electron chi connectivity index (χ2n) is 7.50. The molecule has 1 heterocycles. The van der Waals surface area contributed by atoms with Gasteiger partial charge in [0, 0.05) is 29.9 Å². The van der Waals surface area contributed by atoms with E-state index in [4.69, 9.17) is 23.9 Å². The first-order valence-electron chi connectivity index (χ1n) is 11.0. The molecule has 1 unspecified atom stereocenters. The first kappa shape index (κ1) is 23.5. The van der Waals surface area contributed by atoms with Gasteiger partial charge in [0.05, 0.1) is 24.8 Å². The van der Waals surface area contributed by atoms with Crippen LogP contribution in [-0.2, 0) is 11.3 Å². The Kier molecular flexibility index (Phi) is 7.27. The lowest BCUT2D eigenvalue weighted by molar-refractivity contribution is 0.0839. The molecular weight excluding hydrogens is 442 g/mol. The van der Waals surface area contributed by atoms with Crippen molar-refractivity contribution in [1.29, 1.82) is 0 Å². The highest BCUT2D eigenvalue weighted by Crippen LogP contribution is 2.35. The molecule has 0 fully saturated rings. The number of ether oxygens (including phenoxy) is 4. The number of imidazole rings is 1. The van der Waals surface area contributed by atoms with E-state index in [1.165, 1.54) is 0 Å². The summed E-state index contributed by atoms with van der Waals surface area (Å²) in [6, 6.07) is 14.2. The molecule has 1 atom stereocenters. The van der Waals surface area contributed by atoms with Crippen molar-refractivity contribution in [3.05, 3.63) is 83.2 Å². The van der Waals surface area contributed by atoms with E-state index in [0.717, 1.165) is 40.5 Å². The van der Waals surface area contributed by atoms with Gasteiger partial charge in [-0.05, 0) is 56.3 Å². The molecule has 0 aliphatic heterocycles. The van der Waals surface area contributed by atoms with Crippen LogP contribution in [0, 0.1) is 11.6 Å². The van der Waals surface area contributed by atoms with Crippen LogP contribution < -0.4 is 14.2 Å². The van der Waals surface area contributed by atoms with Crippen LogP contribution in [0.5, 0.6) is 17.2 Å². The maximum absolute atomic E-state index is 13.9. The highest BCUT2D eigenvalue weighted by Gasteiger charge is 2.23. The summed E-state index contributed by atoms with van der Waals surface area (Å²) in [6.45, 7) is 4.74. The molecule has 3 aromatic carbocycles. The van der Waals surface area contributed by atoms with Gasteiger partial charge in [-0.1, -0.05) is 0 Å². The fourth-order valence-corrected chi connectivity index (χ4v) is 3.68. The van der Waals surface area contributed by atoms with Crippen LogP contribution >= 0.6 is 0 Å². The molecule has 0 saturated carbocycles. The fraction of sp³-hybridized carbons (Fsp3) is 0.269.